The van der Waals surface area contributed by atoms with Gasteiger partial charge in [-0.3, -0.25) is 4.72 Å². The number of carboxylic acid groups (broad SMARTS) is 1. The number of benzene rings is 2. The third kappa shape index (κ3) is 4.36. The molecule has 2 aromatic rings. The number of carbonyl (C=O) groups is 1. The van der Waals surface area contributed by atoms with E-state index in [4.69, 9.17) is 21.6 Å². The lowest BCUT2D eigenvalue weighted by Gasteiger charge is -2.31. The van der Waals surface area contributed by atoms with Crippen LogP contribution in [0, 0.1) is 28.6 Å². The van der Waals surface area contributed by atoms with Gasteiger partial charge in [-0.15, -0.1) is 0 Å². The van der Waals surface area contributed by atoms with Gasteiger partial charge in [-0.25, -0.2) is 13.2 Å². The number of hydrogen-bond acceptors (Lipinski definition) is 6. The number of halogens is 1. The largest absolute Gasteiger partial charge is 0.488 e. The zero-order valence-corrected chi connectivity index (χ0v) is 18.3. The van der Waals surface area contributed by atoms with Gasteiger partial charge in [0.05, 0.1) is 38.7 Å². The molecule has 2 fully saturated rings. The summed E-state index contributed by atoms with van der Waals surface area (Å²) in [6.07, 6.45) is 2.39. The van der Waals surface area contributed by atoms with Crippen LogP contribution >= 0.6 is 11.6 Å². The van der Waals surface area contributed by atoms with Gasteiger partial charge in [0.1, 0.15) is 17.9 Å². The molecule has 4 rings (SSSR count). The van der Waals surface area contributed by atoms with E-state index in [1.807, 2.05) is 6.07 Å². The van der Waals surface area contributed by atoms with Gasteiger partial charge < -0.3 is 9.84 Å². The highest BCUT2D eigenvalue weighted by molar-refractivity contribution is 7.92. The van der Waals surface area contributed by atoms with Crippen molar-refractivity contribution in [1.82, 2.24) is 0 Å². The second kappa shape index (κ2) is 8.34. The molecule has 0 heterocycles. The van der Waals surface area contributed by atoms with Gasteiger partial charge in [0.25, 0.3) is 10.0 Å². The fourth-order valence-corrected chi connectivity index (χ4v) is 5.18. The summed E-state index contributed by atoms with van der Waals surface area (Å²) in [5, 5.41) is 27.7. The van der Waals surface area contributed by atoms with E-state index in [9.17, 15) is 23.6 Å². The fraction of sp³-hybridized carbons (Fsp3) is 0.318. The summed E-state index contributed by atoms with van der Waals surface area (Å²) < 4.78 is 34.9. The summed E-state index contributed by atoms with van der Waals surface area (Å²) in [4.78, 5) is 11.3. The van der Waals surface area contributed by atoms with Crippen LogP contribution in [0.4, 0.5) is 5.69 Å². The average molecular weight is 472 g/mol. The average Bonchev–Trinajstić information content (AvgIpc) is 3.56. The van der Waals surface area contributed by atoms with E-state index in [-0.39, 0.29) is 50.4 Å². The van der Waals surface area contributed by atoms with Crippen molar-refractivity contribution in [2.75, 3.05) is 4.72 Å². The molecule has 10 heteroatoms. The second-order valence-corrected chi connectivity index (χ2v) is 9.97. The molecule has 2 aromatic carbocycles. The van der Waals surface area contributed by atoms with Crippen LogP contribution in [0.15, 0.2) is 35.2 Å². The van der Waals surface area contributed by atoms with Crippen molar-refractivity contribution in [2.24, 2.45) is 5.92 Å². The number of nitriles is 2. The SMILES string of the molecule is N#Cc1cc(NS(=O)(=O)c2cc(C(=O)O)ccc2C2CC2)c(O[C@H]2C[C@H](C#N)C2)cc1Cl. The molecule has 0 spiro atoms. The lowest BCUT2D eigenvalue weighted by atomic mass is 9.83. The number of sulfonamides is 1. The van der Waals surface area contributed by atoms with Crippen molar-refractivity contribution in [1.29, 1.82) is 10.5 Å². The van der Waals surface area contributed by atoms with E-state index < -0.39 is 16.0 Å². The van der Waals surface area contributed by atoms with Gasteiger partial charge in [-0.1, -0.05) is 17.7 Å². The van der Waals surface area contributed by atoms with Gasteiger partial charge in [0.2, 0.25) is 0 Å². The summed E-state index contributed by atoms with van der Waals surface area (Å²) in [5.74, 6) is -1.16. The minimum Gasteiger partial charge on any atom is -0.488 e. The molecule has 2 aliphatic carbocycles. The van der Waals surface area contributed by atoms with Gasteiger partial charge in [-0.2, -0.15) is 10.5 Å². The molecular formula is C22H18ClN3O5S. The first-order valence-electron chi connectivity index (χ1n) is 9.91. The second-order valence-electron chi connectivity index (χ2n) is 7.91. The first-order valence-corrected chi connectivity index (χ1v) is 11.8. The Morgan fingerprint density at radius 2 is 1.91 bits per heavy atom. The smallest absolute Gasteiger partial charge is 0.335 e. The third-order valence-corrected chi connectivity index (χ3v) is 7.31. The number of carboxylic acids is 1. The molecule has 2 saturated carbocycles. The van der Waals surface area contributed by atoms with Crippen LogP contribution in [0.2, 0.25) is 5.02 Å². The van der Waals surface area contributed by atoms with Crippen molar-refractivity contribution in [3.05, 3.63) is 52.0 Å². The number of nitrogens with one attached hydrogen (secondary N) is 1. The van der Waals surface area contributed by atoms with E-state index in [0.29, 0.717) is 18.4 Å². The zero-order chi connectivity index (χ0) is 23.0. The molecule has 2 aliphatic rings. The van der Waals surface area contributed by atoms with Crippen LogP contribution in [0.5, 0.6) is 5.75 Å². The minimum atomic E-state index is -4.20. The molecule has 32 heavy (non-hydrogen) atoms. The molecule has 0 aliphatic heterocycles. The molecule has 0 saturated heterocycles. The maximum Gasteiger partial charge on any atom is 0.335 e. The van der Waals surface area contributed by atoms with Gasteiger partial charge in [-0.05, 0) is 42.5 Å². The number of aromatic carboxylic acids is 1. The Balaban J connectivity index is 1.71. The van der Waals surface area contributed by atoms with Crippen LogP contribution in [-0.2, 0) is 10.0 Å². The number of nitrogens with zero attached hydrogens (tertiary/aromatic N) is 2. The van der Waals surface area contributed by atoms with E-state index in [1.165, 1.54) is 24.3 Å². The number of anilines is 1. The highest BCUT2D eigenvalue weighted by Gasteiger charge is 2.34. The standard InChI is InChI=1S/C22H18ClN3O5S/c23-18-9-20(31-16-5-12(6-16)10-24)19(7-15(18)11-25)26-32(29,30)21-8-14(22(27)28)3-4-17(21)13-1-2-13/h3-4,7-9,12-13,16,26H,1-2,5-6H2,(H,27,28)/t12-,16-. The van der Waals surface area contributed by atoms with Gasteiger partial charge in [0, 0.05) is 18.9 Å². The van der Waals surface area contributed by atoms with Crippen LogP contribution < -0.4 is 9.46 Å². The topological polar surface area (TPSA) is 140 Å². The van der Waals surface area contributed by atoms with Crippen molar-refractivity contribution in [2.45, 2.75) is 42.6 Å². The van der Waals surface area contributed by atoms with Gasteiger partial charge >= 0.3 is 5.97 Å². The Morgan fingerprint density at radius 1 is 1.19 bits per heavy atom. The third-order valence-electron chi connectivity index (χ3n) is 5.57. The summed E-state index contributed by atoms with van der Waals surface area (Å²) in [5.41, 5.74) is 0.489. The number of ether oxygens (including phenoxy) is 1. The monoisotopic (exact) mass is 471 g/mol. The van der Waals surface area contributed by atoms with E-state index >= 15 is 0 Å². The van der Waals surface area contributed by atoms with E-state index in [1.54, 1.807) is 0 Å². The molecule has 0 unspecified atom stereocenters. The fourth-order valence-electron chi connectivity index (χ4n) is 3.60. The van der Waals surface area contributed by atoms with Crippen molar-refractivity contribution in [3.8, 4) is 17.9 Å². The Hall–Kier alpha value is -3.27. The Labute approximate surface area is 190 Å². The van der Waals surface area contributed by atoms with Crippen LogP contribution in [0.25, 0.3) is 0 Å². The van der Waals surface area contributed by atoms with E-state index in [2.05, 4.69) is 10.8 Å². The summed E-state index contributed by atoms with van der Waals surface area (Å²) in [7, 11) is -4.20. The molecule has 0 bridgehead atoms. The maximum atomic E-state index is 13.3. The molecule has 8 nitrogen and oxygen atoms in total. The Kier molecular flexibility index (Phi) is 5.72. The normalized spacial score (nSPS) is 19.8. The molecule has 0 amide bonds. The predicted molar refractivity (Wildman–Crippen MR) is 115 cm³/mol. The summed E-state index contributed by atoms with van der Waals surface area (Å²) in [6, 6.07) is 10.8. The number of hydrogen-bond donors (Lipinski definition) is 2. The first-order chi connectivity index (χ1) is 15.2. The molecule has 0 aromatic heterocycles. The van der Waals surface area contributed by atoms with Crippen LogP contribution in [0.1, 0.15) is 53.1 Å². The van der Waals surface area contributed by atoms with Crippen LogP contribution in [-0.4, -0.2) is 25.6 Å². The molecule has 0 atom stereocenters. The summed E-state index contributed by atoms with van der Waals surface area (Å²) in [6.45, 7) is 0. The van der Waals surface area contributed by atoms with Crippen molar-refractivity contribution >= 4 is 33.3 Å². The van der Waals surface area contributed by atoms with Crippen molar-refractivity contribution in [3.63, 3.8) is 0 Å². The number of rotatable bonds is 7. The predicted octanol–water partition coefficient (Wildman–Crippen LogP) is 4.27. The molecular weight excluding hydrogens is 454 g/mol. The highest BCUT2D eigenvalue weighted by Crippen LogP contribution is 2.44. The first kappa shape index (κ1) is 21.9. The van der Waals surface area contributed by atoms with Crippen molar-refractivity contribution < 1.29 is 23.1 Å². The molecule has 2 N–H and O–H groups in total. The Morgan fingerprint density at radius 3 is 2.50 bits per heavy atom. The Bertz CT molecular complexity index is 1290. The van der Waals surface area contributed by atoms with E-state index in [0.717, 1.165) is 18.9 Å². The van der Waals surface area contributed by atoms with Gasteiger partial charge in [0.15, 0.2) is 0 Å². The minimum absolute atomic E-state index is 0.0221. The molecule has 0 radical (unpaired) electrons. The lowest BCUT2D eigenvalue weighted by molar-refractivity contribution is 0.0696. The summed E-state index contributed by atoms with van der Waals surface area (Å²) >= 11 is 6.12. The van der Waals surface area contributed by atoms with Crippen LogP contribution in [0.3, 0.4) is 0 Å². The highest BCUT2D eigenvalue weighted by atomic mass is 35.5. The molecule has 164 valence electrons. The quantitative estimate of drug-likeness (QED) is 0.614. The zero-order valence-electron chi connectivity index (χ0n) is 16.7. The lowest BCUT2D eigenvalue weighted by Crippen LogP contribution is -2.33. The maximum absolute atomic E-state index is 13.3.